The van der Waals surface area contributed by atoms with E-state index in [0.29, 0.717) is 0 Å². The quantitative estimate of drug-likeness (QED) is 0.371. The fourth-order valence-electron chi connectivity index (χ4n) is 2.64. The van der Waals surface area contributed by atoms with Crippen molar-refractivity contribution in [1.29, 1.82) is 0 Å². The Balaban J connectivity index is 3.22. The first-order chi connectivity index (χ1) is 13.5. The number of carbonyl (C=O) groups excluding carboxylic acids is 5. The van der Waals surface area contributed by atoms with Crippen LogP contribution in [0.1, 0.15) is 41.0 Å². The van der Waals surface area contributed by atoms with Crippen molar-refractivity contribution in [3.63, 3.8) is 0 Å². The van der Waals surface area contributed by atoms with E-state index in [2.05, 4.69) is 0 Å². The molecule has 0 N–H and O–H groups in total. The molecular formula is C18H26O11. The van der Waals surface area contributed by atoms with Crippen molar-refractivity contribution < 1.29 is 52.4 Å². The third-order valence-corrected chi connectivity index (χ3v) is 3.68. The minimum atomic E-state index is -1.29. The smallest absolute Gasteiger partial charge is 0.303 e. The molecule has 0 amide bonds. The number of ether oxygens (including phenoxy) is 6. The highest BCUT2D eigenvalue weighted by Crippen LogP contribution is 2.30. The predicted molar refractivity (Wildman–Crippen MR) is 93.2 cm³/mol. The van der Waals surface area contributed by atoms with Crippen LogP contribution in [0.3, 0.4) is 0 Å². The highest BCUT2D eigenvalue weighted by atomic mass is 16.7. The number of ketones is 1. The normalized spacial score (nSPS) is 26.2. The van der Waals surface area contributed by atoms with Crippen LogP contribution in [0.5, 0.6) is 0 Å². The van der Waals surface area contributed by atoms with Gasteiger partial charge in [-0.15, -0.1) is 0 Å². The fraction of sp³-hybridized carbons (Fsp3) is 0.722. The molecule has 29 heavy (non-hydrogen) atoms. The van der Waals surface area contributed by atoms with Crippen LogP contribution in [0.25, 0.3) is 0 Å². The topological polar surface area (TPSA) is 141 Å². The van der Waals surface area contributed by atoms with Gasteiger partial charge in [0.1, 0.15) is 18.5 Å². The van der Waals surface area contributed by atoms with Crippen molar-refractivity contribution in [1.82, 2.24) is 0 Å². The van der Waals surface area contributed by atoms with E-state index >= 15 is 0 Å². The number of carbonyl (C=O) groups is 5. The van der Waals surface area contributed by atoms with E-state index in [0.717, 1.165) is 20.8 Å². The van der Waals surface area contributed by atoms with Crippen LogP contribution in [0.15, 0.2) is 0 Å². The summed E-state index contributed by atoms with van der Waals surface area (Å²) >= 11 is 0. The van der Waals surface area contributed by atoms with Crippen LogP contribution in [0.2, 0.25) is 0 Å². The van der Waals surface area contributed by atoms with Crippen molar-refractivity contribution in [3.05, 3.63) is 0 Å². The molecular weight excluding hydrogens is 392 g/mol. The second-order valence-electron chi connectivity index (χ2n) is 6.39. The van der Waals surface area contributed by atoms with Crippen molar-refractivity contribution in [2.45, 2.75) is 71.7 Å². The number of esters is 4. The second-order valence-corrected chi connectivity index (χ2v) is 6.39. The SMILES string of the molecule is CC(=O)CCOC1OC(COC(C)=O)C(OC(C)=O)C(OC(C)=O)C1OC(C)=O. The van der Waals surface area contributed by atoms with E-state index in [1.807, 2.05) is 0 Å². The van der Waals surface area contributed by atoms with Crippen LogP contribution in [0, 0.1) is 0 Å². The Morgan fingerprint density at radius 2 is 1.24 bits per heavy atom. The van der Waals surface area contributed by atoms with E-state index in [-0.39, 0.29) is 25.4 Å². The molecule has 1 aliphatic heterocycles. The lowest BCUT2D eigenvalue weighted by Gasteiger charge is -2.44. The van der Waals surface area contributed by atoms with Crippen molar-refractivity contribution in [3.8, 4) is 0 Å². The highest BCUT2D eigenvalue weighted by Gasteiger charge is 2.52. The molecule has 11 heteroatoms. The van der Waals surface area contributed by atoms with E-state index < -0.39 is 54.6 Å². The van der Waals surface area contributed by atoms with Crippen LogP contribution in [-0.4, -0.2) is 73.6 Å². The molecule has 164 valence electrons. The Bertz CT molecular complexity index is 629. The summed E-state index contributed by atoms with van der Waals surface area (Å²) in [6.45, 7) is 5.52. The fourth-order valence-corrected chi connectivity index (χ4v) is 2.64. The lowest BCUT2D eigenvalue weighted by Crippen LogP contribution is -2.63. The van der Waals surface area contributed by atoms with Crippen LogP contribution < -0.4 is 0 Å². The Morgan fingerprint density at radius 1 is 0.724 bits per heavy atom. The first-order valence-electron chi connectivity index (χ1n) is 8.92. The summed E-state index contributed by atoms with van der Waals surface area (Å²) in [5.41, 5.74) is 0. The summed E-state index contributed by atoms with van der Waals surface area (Å²) in [5, 5.41) is 0. The first-order valence-corrected chi connectivity index (χ1v) is 8.92. The van der Waals surface area contributed by atoms with Gasteiger partial charge in [-0.1, -0.05) is 0 Å². The van der Waals surface area contributed by atoms with E-state index in [4.69, 9.17) is 28.4 Å². The zero-order valence-electron chi connectivity index (χ0n) is 17.0. The molecule has 1 heterocycles. The van der Waals surface area contributed by atoms with Crippen molar-refractivity contribution >= 4 is 29.7 Å². The third kappa shape index (κ3) is 8.57. The predicted octanol–water partition coefficient (Wildman–Crippen LogP) is 0.0652. The lowest BCUT2D eigenvalue weighted by molar-refractivity contribution is -0.307. The highest BCUT2D eigenvalue weighted by molar-refractivity contribution is 5.75. The molecule has 1 aliphatic rings. The summed E-state index contributed by atoms with van der Waals surface area (Å²) in [5.74, 6) is -2.94. The maximum absolute atomic E-state index is 11.6. The Kier molecular flexibility index (Phi) is 9.69. The average molecular weight is 418 g/mol. The summed E-state index contributed by atoms with van der Waals surface area (Å²) in [6.07, 6.45) is -6.12. The molecule has 0 radical (unpaired) electrons. The largest absolute Gasteiger partial charge is 0.463 e. The summed E-state index contributed by atoms with van der Waals surface area (Å²) in [4.78, 5) is 57.2. The molecule has 1 rings (SSSR count). The first kappa shape index (κ1) is 24.5. The molecule has 0 aromatic carbocycles. The average Bonchev–Trinajstić information content (AvgIpc) is 2.56. The molecule has 0 spiro atoms. The molecule has 0 aromatic rings. The van der Waals surface area contributed by atoms with E-state index in [1.165, 1.54) is 13.8 Å². The van der Waals surface area contributed by atoms with Crippen LogP contribution >= 0.6 is 0 Å². The molecule has 0 aromatic heterocycles. The standard InChI is InChI=1S/C18H26O11/c1-9(19)6-7-24-18-17(28-13(5)23)16(27-12(4)22)15(26-11(3)21)14(29-18)8-25-10(2)20/h14-18H,6-8H2,1-5H3. The number of Topliss-reactive ketones (excluding diaryl/α,β-unsaturated/α-hetero) is 1. The molecule has 11 nitrogen and oxygen atoms in total. The molecule has 0 saturated carbocycles. The van der Waals surface area contributed by atoms with Crippen molar-refractivity contribution in [2.75, 3.05) is 13.2 Å². The molecule has 0 bridgehead atoms. The zero-order valence-corrected chi connectivity index (χ0v) is 17.0. The minimum absolute atomic E-state index is 0.0624. The van der Waals surface area contributed by atoms with Gasteiger partial charge in [0.2, 0.25) is 0 Å². The lowest BCUT2D eigenvalue weighted by atomic mass is 9.98. The molecule has 5 atom stereocenters. The van der Waals surface area contributed by atoms with Gasteiger partial charge in [-0.2, -0.15) is 0 Å². The van der Waals surface area contributed by atoms with Crippen LogP contribution in [0.4, 0.5) is 0 Å². The summed E-state index contributed by atoms with van der Waals surface area (Å²) < 4.78 is 31.8. The Hall–Kier alpha value is -2.53. The van der Waals surface area contributed by atoms with Gasteiger partial charge < -0.3 is 28.4 Å². The maximum Gasteiger partial charge on any atom is 0.303 e. The van der Waals surface area contributed by atoms with Crippen molar-refractivity contribution in [2.24, 2.45) is 0 Å². The van der Waals surface area contributed by atoms with Gasteiger partial charge in [0.05, 0.1) is 6.61 Å². The van der Waals surface area contributed by atoms with E-state index in [9.17, 15) is 24.0 Å². The van der Waals surface area contributed by atoms with Gasteiger partial charge >= 0.3 is 23.9 Å². The molecule has 5 unspecified atom stereocenters. The third-order valence-electron chi connectivity index (χ3n) is 3.68. The maximum atomic E-state index is 11.6. The van der Waals surface area contributed by atoms with Gasteiger partial charge in [0, 0.05) is 34.1 Å². The van der Waals surface area contributed by atoms with Gasteiger partial charge in [-0.05, 0) is 6.92 Å². The molecule has 0 aliphatic carbocycles. The van der Waals surface area contributed by atoms with E-state index in [1.54, 1.807) is 0 Å². The number of rotatable bonds is 9. The van der Waals surface area contributed by atoms with Gasteiger partial charge in [-0.25, -0.2) is 0 Å². The summed E-state index contributed by atoms with van der Waals surface area (Å²) in [6, 6.07) is 0. The van der Waals surface area contributed by atoms with Gasteiger partial charge in [0.15, 0.2) is 24.6 Å². The monoisotopic (exact) mass is 418 g/mol. The molecule has 1 fully saturated rings. The zero-order chi connectivity index (χ0) is 22.1. The second kappa shape index (κ2) is 11.5. The number of hydrogen-bond acceptors (Lipinski definition) is 11. The molecule has 1 saturated heterocycles. The Labute approximate surface area is 167 Å². The summed E-state index contributed by atoms with van der Waals surface area (Å²) in [7, 11) is 0. The van der Waals surface area contributed by atoms with Gasteiger partial charge in [0.25, 0.3) is 0 Å². The van der Waals surface area contributed by atoms with Crippen LogP contribution in [-0.2, 0) is 52.4 Å². The Morgan fingerprint density at radius 3 is 1.72 bits per heavy atom. The van der Waals surface area contributed by atoms with Gasteiger partial charge in [-0.3, -0.25) is 24.0 Å². The minimum Gasteiger partial charge on any atom is -0.463 e. The number of hydrogen-bond donors (Lipinski definition) is 0.